The molecular formula is C12H18N2O3. The number of carbonyl (C=O) groups is 1. The van der Waals surface area contributed by atoms with Gasteiger partial charge in [0.1, 0.15) is 11.5 Å². The number of urea groups is 1. The summed E-state index contributed by atoms with van der Waals surface area (Å²) >= 11 is 0. The Balaban J connectivity index is 2.79. The molecule has 0 fully saturated rings. The van der Waals surface area contributed by atoms with E-state index in [0.29, 0.717) is 17.2 Å². The third-order valence-corrected chi connectivity index (χ3v) is 2.03. The van der Waals surface area contributed by atoms with Gasteiger partial charge in [-0.15, -0.1) is 0 Å². The van der Waals surface area contributed by atoms with Crippen LogP contribution in [-0.2, 0) is 0 Å². The fourth-order valence-electron chi connectivity index (χ4n) is 1.31. The van der Waals surface area contributed by atoms with Crippen LogP contribution in [0.25, 0.3) is 0 Å². The highest BCUT2D eigenvalue weighted by Gasteiger charge is 2.06. The predicted octanol–water partition coefficient (Wildman–Crippen LogP) is 2.23. The Hall–Kier alpha value is -1.91. The molecule has 17 heavy (non-hydrogen) atoms. The van der Waals surface area contributed by atoms with Crippen LogP contribution in [0.4, 0.5) is 10.5 Å². The summed E-state index contributed by atoms with van der Waals surface area (Å²) in [6, 6.07) is 5.02. The minimum atomic E-state index is -0.254. The summed E-state index contributed by atoms with van der Waals surface area (Å²) in [5.41, 5.74) is 0.624. The van der Waals surface area contributed by atoms with Gasteiger partial charge in [-0.3, -0.25) is 0 Å². The van der Waals surface area contributed by atoms with E-state index in [-0.39, 0.29) is 12.1 Å². The van der Waals surface area contributed by atoms with Gasteiger partial charge in [0.15, 0.2) is 0 Å². The Kier molecular flexibility index (Phi) is 4.63. The molecule has 0 aliphatic rings. The van der Waals surface area contributed by atoms with Gasteiger partial charge in [-0.2, -0.15) is 0 Å². The molecule has 0 saturated carbocycles. The number of benzene rings is 1. The number of nitrogens with one attached hydrogen (secondary N) is 2. The Morgan fingerprint density at radius 2 is 1.65 bits per heavy atom. The van der Waals surface area contributed by atoms with Crippen LogP contribution >= 0.6 is 0 Å². The van der Waals surface area contributed by atoms with Crippen LogP contribution in [0, 0.1) is 0 Å². The Labute approximate surface area is 101 Å². The summed E-state index contributed by atoms with van der Waals surface area (Å²) in [5.74, 6) is 1.26. The van der Waals surface area contributed by atoms with Gasteiger partial charge in [-0.05, 0) is 13.8 Å². The first-order valence-electron chi connectivity index (χ1n) is 5.35. The smallest absolute Gasteiger partial charge is 0.319 e. The molecule has 1 aromatic carbocycles. The van der Waals surface area contributed by atoms with E-state index < -0.39 is 0 Å². The van der Waals surface area contributed by atoms with E-state index in [2.05, 4.69) is 10.6 Å². The lowest BCUT2D eigenvalue weighted by atomic mass is 10.3. The van der Waals surface area contributed by atoms with Crippen LogP contribution in [0.2, 0.25) is 0 Å². The first-order valence-corrected chi connectivity index (χ1v) is 5.35. The number of amides is 2. The Morgan fingerprint density at radius 3 is 2.06 bits per heavy atom. The molecule has 1 aromatic rings. The molecule has 0 spiro atoms. The number of hydrogen-bond acceptors (Lipinski definition) is 3. The van der Waals surface area contributed by atoms with Crippen molar-refractivity contribution in [1.82, 2.24) is 5.32 Å². The number of rotatable bonds is 4. The second kappa shape index (κ2) is 5.98. The van der Waals surface area contributed by atoms with Gasteiger partial charge in [0.05, 0.1) is 14.2 Å². The Morgan fingerprint density at radius 1 is 1.12 bits per heavy atom. The zero-order valence-corrected chi connectivity index (χ0v) is 10.5. The number of hydrogen-bond donors (Lipinski definition) is 2. The SMILES string of the molecule is COc1cc(NC(=O)NC(C)C)cc(OC)c1. The van der Waals surface area contributed by atoms with E-state index in [1.165, 1.54) is 0 Å². The van der Waals surface area contributed by atoms with Crippen molar-refractivity contribution in [3.8, 4) is 11.5 Å². The van der Waals surface area contributed by atoms with E-state index in [1.807, 2.05) is 13.8 Å². The van der Waals surface area contributed by atoms with Crippen molar-refractivity contribution in [3.05, 3.63) is 18.2 Å². The van der Waals surface area contributed by atoms with Crippen molar-refractivity contribution in [2.75, 3.05) is 19.5 Å². The molecule has 0 saturated heterocycles. The molecule has 5 nitrogen and oxygen atoms in total. The zero-order valence-electron chi connectivity index (χ0n) is 10.5. The van der Waals surface area contributed by atoms with Gasteiger partial charge >= 0.3 is 6.03 Å². The van der Waals surface area contributed by atoms with Crippen LogP contribution < -0.4 is 20.1 Å². The van der Waals surface area contributed by atoms with Gasteiger partial charge in [0.2, 0.25) is 0 Å². The average Bonchev–Trinajstić information content (AvgIpc) is 2.27. The molecule has 0 radical (unpaired) electrons. The van der Waals surface area contributed by atoms with Crippen molar-refractivity contribution in [2.45, 2.75) is 19.9 Å². The van der Waals surface area contributed by atoms with E-state index in [4.69, 9.17) is 9.47 Å². The Bertz CT molecular complexity index is 369. The lowest BCUT2D eigenvalue weighted by molar-refractivity contribution is 0.250. The van der Waals surface area contributed by atoms with Crippen molar-refractivity contribution < 1.29 is 14.3 Å². The first-order chi connectivity index (χ1) is 8.05. The monoisotopic (exact) mass is 238 g/mol. The maximum absolute atomic E-state index is 11.5. The van der Waals surface area contributed by atoms with Crippen LogP contribution in [0.5, 0.6) is 11.5 Å². The highest BCUT2D eigenvalue weighted by molar-refractivity contribution is 5.89. The quantitative estimate of drug-likeness (QED) is 0.845. The van der Waals surface area contributed by atoms with Crippen molar-refractivity contribution in [1.29, 1.82) is 0 Å². The third kappa shape index (κ3) is 4.22. The highest BCUT2D eigenvalue weighted by atomic mass is 16.5. The zero-order chi connectivity index (χ0) is 12.8. The molecule has 0 bridgehead atoms. The fraction of sp³-hybridized carbons (Fsp3) is 0.417. The first kappa shape index (κ1) is 13.2. The van der Waals surface area contributed by atoms with Crippen LogP contribution in [0.1, 0.15) is 13.8 Å². The summed E-state index contributed by atoms with van der Waals surface area (Å²) in [6.07, 6.45) is 0. The minimum Gasteiger partial charge on any atom is -0.497 e. The third-order valence-electron chi connectivity index (χ3n) is 2.03. The second-order valence-electron chi connectivity index (χ2n) is 3.85. The van der Waals surface area contributed by atoms with Gasteiger partial charge in [0, 0.05) is 29.9 Å². The molecule has 0 aliphatic carbocycles. The summed E-state index contributed by atoms with van der Waals surface area (Å²) in [5, 5.41) is 5.45. The summed E-state index contributed by atoms with van der Waals surface area (Å²) < 4.78 is 10.2. The van der Waals surface area contributed by atoms with Crippen molar-refractivity contribution >= 4 is 11.7 Å². The molecule has 0 heterocycles. The molecule has 0 aliphatic heterocycles. The van der Waals surface area contributed by atoms with E-state index in [1.54, 1.807) is 32.4 Å². The van der Waals surface area contributed by atoms with E-state index in [9.17, 15) is 4.79 Å². The molecule has 5 heteroatoms. The second-order valence-corrected chi connectivity index (χ2v) is 3.85. The summed E-state index contributed by atoms with van der Waals surface area (Å²) in [7, 11) is 3.12. The molecule has 2 amide bonds. The van der Waals surface area contributed by atoms with E-state index in [0.717, 1.165) is 0 Å². The highest BCUT2D eigenvalue weighted by Crippen LogP contribution is 2.25. The molecule has 0 atom stereocenters. The normalized spacial score (nSPS) is 9.94. The molecule has 2 N–H and O–H groups in total. The van der Waals surface area contributed by atoms with Gasteiger partial charge in [-0.1, -0.05) is 0 Å². The predicted molar refractivity (Wildman–Crippen MR) is 66.8 cm³/mol. The lowest BCUT2D eigenvalue weighted by Gasteiger charge is -2.12. The van der Waals surface area contributed by atoms with Crippen molar-refractivity contribution in [3.63, 3.8) is 0 Å². The number of methoxy groups -OCH3 is 2. The largest absolute Gasteiger partial charge is 0.497 e. The standard InChI is InChI=1S/C12H18N2O3/c1-8(2)13-12(15)14-9-5-10(16-3)7-11(6-9)17-4/h5-8H,1-4H3,(H2,13,14,15). The number of carbonyl (C=O) groups excluding carboxylic acids is 1. The number of anilines is 1. The molecule has 0 unspecified atom stereocenters. The maximum atomic E-state index is 11.5. The van der Waals surface area contributed by atoms with Gasteiger partial charge in [0.25, 0.3) is 0 Å². The fourth-order valence-corrected chi connectivity index (χ4v) is 1.31. The van der Waals surface area contributed by atoms with Crippen molar-refractivity contribution in [2.24, 2.45) is 0 Å². The summed E-state index contributed by atoms with van der Waals surface area (Å²) in [4.78, 5) is 11.5. The van der Waals surface area contributed by atoms with Crippen LogP contribution in [0.3, 0.4) is 0 Å². The molecule has 1 rings (SSSR count). The molecule has 0 aromatic heterocycles. The summed E-state index contributed by atoms with van der Waals surface area (Å²) in [6.45, 7) is 3.79. The molecular weight excluding hydrogens is 220 g/mol. The van der Waals surface area contributed by atoms with Gasteiger partial charge < -0.3 is 20.1 Å². The lowest BCUT2D eigenvalue weighted by Crippen LogP contribution is -2.34. The average molecular weight is 238 g/mol. The molecule has 94 valence electrons. The number of ether oxygens (including phenoxy) is 2. The van der Waals surface area contributed by atoms with Crippen LogP contribution in [0.15, 0.2) is 18.2 Å². The minimum absolute atomic E-state index is 0.0857. The van der Waals surface area contributed by atoms with Crippen LogP contribution in [-0.4, -0.2) is 26.3 Å². The van der Waals surface area contributed by atoms with Gasteiger partial charge in [-0.25, -0.2) is 4.79 Å². The topological polar surface area (TPSA) is 59.6 Å². The maximum Gasteiger partial charge on any atom is 0.319 e. The van der Waals surface area contributed by atoms with E-state index >= 15 is 0 Å².